The Balaban J connectivity index is 2.22. The number of aromatic nitrogens is 1. The Kier molecular flexibility index (Phi) is 3.35. The molecular weight excluding hydrogens is 313 g/mol. The Morgan fingerprint density at radius 1 is 1.53 bits per heavy atom. The van der Waals surface area contributed by atoms with Crippen molar-refractivity contribution in [2.24, 2.45) is 0 Å². The molecule has 1 aromatic carbocycles. The fraction of sp³-hybridized carbons (Fsp3) is 0. The predicted octanol–water partition coefficient (Wildman–Crippen LogP) is 3.58. The van der Waals surface area contributed by atoms with Crippen LogP contribution in [0.15, 0.2) is 33.4 Å². The topological polar surface area (TPSA) is 72.6 Å². The van der Waals surface area contributed by atoms with Gasteiger partial charge in [-0.2, -0.15) is 4.98 Å². The van der Waals surface area contributed by atoms with Crippen LogP contribution in [-0.4, -0.2) is 16.1 Å². The van der Waals surface area contributed by atoms with Gasteiger partial charge in [-0.15, -0.1) is 0 Å². The van der Waals surface area contributed by atoms with E-state index in [1.807, 2.05) is 0 Å². The van der Waals surface area contributed by atoms with Gasteiger partial charge in [-0.3, -0.25) is 0 Å². The normalized spacial score (nSPS) is 10.2. The number of benzene rings is 1. The minimum Gasteiger partial charge on any atom is -0.476 e. The first-order valence-corrected chi connectivity index (χ1v) is 5.55. The molecule has 0 saturated carbocycles. The van der Waals surface area contributed by atoms with Crippen molar-refractivity contribution in [3.63, 3.8) is 0 Å². The lowest BCUT2D eigenvalue weighted by Gasteiger charge is -2.02. The van der Waals surface area contributed by atoms with Gasteiger partial charge in [0.15, 0.2) is 11.4 Å². The first-order chi connectivity index (χ1) is 8.06. The maximum Gasteiger partial charge on any atom is 0.399 e. The van der Waals surface area contributed by atoms with E-state index in [0.717, 1.165) is 10.7 Å². The molecule has 0 unspecified atom stereocenters. The third-order valence-electron chi connectivity index (χ3n) is 1.79. The Hall–Kier alpha value is -1.53. The molecule has 0 amide bonds. The van der Waals surface area contributed by atoms with Gasteiger partial charge in [-0.25, -0.2) is 4.79 Å². The molecule has 1 N–H and O–H groups in total. The highest BCUT2D eigenvalue weighted by Gasteiger charge is 2.13. The van der Waals surface area contributed by atoms with Crippen molar-refractivity contribution in [1.29, 1.82) is 0 Å². The first-order valence-electron chi connectivity index (χ1n) is 4.38. The van der Waals surface area contributed by atoms with E-state index in [2.05, 4.69) is 20.9 Å². The number of oxazole rings is 1. The van der Waals surface area contributed by atoms with Crippen molar-refractivity contribution in [1.82, 2.24) is 4.98 Å². The van der Waals surface area contributed by atoms with E-state index in [-0.39, 0.29) is 11.8 Å². The summed E-state index contributed by atoms with van der Waals surface area (Å²) < 4.78 is 10.8. The number of carbonyl (C=O) groups is 1. The third kappa shape index (κ3) is 2.78. The lowest BCUT2D eigenvalue weighted by atomic mass is 10.3. The summed E-state index contributed by atoms with van der Waals surface area (Å²) >= 11 is 9.16. The fourth-order valence-corrected chi connectivity index (χ4v) is 1.77. The van der Waals surface area contributed by atoms with Crippen LogP contribution in [0.2, 0.25) is 5.02 Å². The number of aromatic carboxylic acids is 1. The zero-order chi connectivity index (χ0) is 12.4. The van der Waals surface area contributed by atoms with E-state index in [4.69, 9.17) is 25.9 Å². The van der Waals surface area contributed by atoms with Gasteiger partial charge >= 0.3 is 12.0 Å². The molecule has 0 atom stereocenters. The number of carboxylic acid groups (broad SMARTS) is 1. The molecule has 0 saturated heterocycles. The van der Waals surface area contributed by atoms with Crippen LogP contribution in [0.4, 0.5) is 0 Å². The lowest BCUT2D eigenvalue weighted by molar-refractivity contribution is 0.0690. The number of halogens is 2. The smallest absolute Gasteiger partial charge is 0.399 e. The van der Waals surface area contributed by atoms with Gasteiger partial charge in [0.2, 0.25) is 0 Å². The van der Waals surface area contributed by atoms with Gasteiger partial charge in [0.25, 0.3) is 0 Å². The van der Waals surface area contributed by atoms with Gasteiger partial charge in [0.1, 0.15) is 6.26 Å². The maximum absolute atomic E-state index is 10.6. The Labute approximate surface area is 109 Å². The highest BCUT2D eigenvalue weighted by Crippen LogP contribution is 2.31. The number of hydrogen-bond donors (Lipinski definition) is 1. The van der Waals surface area contributed by atoms with Crippen molar-refractivity contribution in [3.8, 4) is 11.8 Å². The molecule has 0 bridgehead atoms. The molecule has 17 heavy (non-hydrogen) atoms. The molecule has 0 aliphatic carbocycles. The van der Waals surface area contributed by atoms with E-state index in [1.54, 1.807) is 18.2 Å². The summed E-state index contributed by atoms with van der Waals surface area (Å²) in [6.45, 7) is 0. The maximum atomic E-state index is 10.6. The van der Waals surface area contributed by atoms with Crippen molar-refractivity contribution in [2.75, 3.05) is 0 Å². The fourth-order valence-electron chi connectivity index (χ4n) is 1.05. The van der Waals surface area contributed by atoms with Crippen LogP contribution >= 0.6 is 27.5 Å². The average molecular weight is 319 g/mol. The van der Waals surface area contributed by atoms with Crippen molar-refractivity contribution in [3.05, 3.63) is 39.7 Å². The zero-order valence-corrected chi connectivity index (χ0v) is 10.5. The second kappa shape index (κ2) is 4.77. The summed E-state index contributed by atoms with van der Waals surface area (Å²) in [5, 5.41) is 9.00. The Morgan fingerprint density at radius 3 is 2.88 bits per heavy atom. The molecule has 2 rings (SSSR count). The second-order valence-electron chi connectivity index (χ2n) is 2.98. The number of carboxylic acids is 1. The highest BCUT2D eigenvalue weighted by molar-refractivity contribution is 9.10. The summed E-state index contributed by atoms with van der Waals surface area (Å²) in [6.07, 6.45) is 0.816. The molecule has 7 heteroatoms. The Bertz CT molecular complexity index is 569. The molecule has 0 aliphatic rings. The van der Waals surface area contributed by atoms with Crippen LogP contribution in [0.3, 0.4) is 0 Å². The van der Waals surface area contributed by atoms with Crippen molar-refractivity contribution in [2.45, 2.75) is 0 Å². The van der Waals surface area contributed by atoms with E-state index in [1.165, 1.54) is 0 Å². The number of nitrogens with zero attached hydrogens (tertiary/aromatic N) is 1. The first kappa shape index (κ1) is 11.9. The molecule has 0 aliphatic heterocycles. The molecular formula is C10H5BrClNO4. The standard InChI is InChI=1S/C10H5BrClNO4/c11-5-1-2-8(6(12)3-5)17-10-13-7(4-16-10)9(14)15/h1-4H,(H,14,15). The van der Waals surface area contributed by atoms with E-state index < -0.39 is 5.97 Å². The lowest BCUT2D eigenvalue weighted by Crippen LogP contribution is -1.95. The number of hydrogen-bond acceptors (Lipinski definition) is 4. The quantitative estimate of drug-likeness (QED) is 0.936. The summed E-state index contributed by atoms with van der Waals surface area (Å²) in [6, 6.07) is 4.97. The molecule has 88 valence electrons. The molecule has 2 aromatic rings. The number of ether oxygens (including phenoxy) is 1. The summed E-state index contributed by atoms with van der Waals surface area (Å²) in [5.74, 6) is -0.862. The number of rotatable bonds is 3. The summed E-state index contributed by atoms with van der Waals surface area (Å²) in [5.41, 5.74) is -0.228. The predicted molar refractivity (Wildman–Crippen MR) is 62.7 cm³/mol. The van der Waals surface area contributed by atoms with Crippen molar-refractivity contribution >= 4 is 33.5 Å². The van der Waals surface area contributed by atoms with Gasteiger partial charge in [-0.05, 0) is 18.2 Å². The molecule has 0 fully saturated rings. The van der Waals surface area contributed by atoms with E-state index in [0.29, 0.717) is 10.8 Å². The average Bonchev–Trinajstić information content (AvgIpc) is 2.71. The van der Waals surface area contributed by atoms with E-state index >= 15 is 0 Å². The van der Waals surface area contributed by atoms with E-state index in [9.17, 15) is 4.79 Å². The Morgan fingerprint density at radius 2 is 2.29 bits per heavy atom. The molecule has 1 heterocycles. The minimum absolute atomic E-state index is 0.174. The summed E-state index contributed by atoms with van der Waals surface area (Å²) in [7, 11) is 0. The third-order valence-corrected chi connectivity index (χ3v) is 2.58. The molecule has 0 radical (unpaired) electrons. The van der Waals surface area contributed by atoms with Gasteiger partial charge < -0.3 is 14.3 Å². The van der Waals surface area contributed by atoms with Crippen LogP contribution in [0.1, 0.15) is 10.5 Å². The molecule has 5 nitrogen and oxygen atoms in total. The highest BCUT2D eigenvalue weighted by atomic mass is 79.9. The van der Waals surface area contributed by atoms with Crippen LogP contribution in [0, 0.1) is 0 Å². The largest absolute Gasteiger partial charge is 0.476 e. The SMILES string of the molecule is O=C(O)c1coc(Oc2ccc(Br)cc2Cl)n1. The molecule has 1 aromatic heterocycles. The van der Waals surface area contributed by atoms with Crippen molar-refractivity contribution < 1.29 is 19.1 Å². The van der Waals surface area contributed by atoms with Gasteiger partial charge in [-0.1, -0.05) is 27.5 Å². The zero-order valence-electron chi connectivity index (χ0n) is 8.18. The second-order valence-corrected chi connectivity index (χ2v) is 4.30. The van der Waals surface area contributed by atoms with Crippen LogP contribution in [0.25, 0.3) is 0 Å². The van der Waals surface area contributed by atoms with Gasteiger partial charge in [0.05, 0.1) is 5.02 Å². The van der Waals surface area contributed by atoms with Crippen LogP contribution in [-0.2, 0) is 0 Å². The monoisotopic (exact) mass is 317 g/mol. The molecule has 0 spiro atoms. The summed E-state index contributed by atoms with van der Waals surface area (Å²) in [4.78, 5) is 14.2. The van der Waals surface area contributed by atoms with Crippen LogP contribution < -0.4 is 4.74 Å². The van der Waals surface area contributed by atoms with Crippen LogP contribution in [0.5, 0.6) is 11.8 Å². The van der Waals surface area contributed by atoms with Gasteiger partial charge in [0, 0.05) is 4.47 Å². The minimum atomic E-state index is -1.19.